The third-order valence-corrected chi connectivity index (χ3v) is 1.86. The molecule has 3 nitrogen and oxygen atoms in total. The summed E-state index contributed by atoms with van der Waals surface area (Å²) in [6.45, 7) is 2.43. The summed E-state index contributed by atoms with van der Waals surface area (Å²) in [6.07, 6.45) is 0.752. The third kappa shape index (κ3) is 0.920. The molecule has 1 saturated heterocycles. The third-order valence-electron chi connectivity index (χ3n) is 1.86. The molecule has 0 aromatic heterocycles. The highest BCUT2D eigenvalue weighted by molar-refractivity contribution is 5.84. The number of nitrogens with one attached hydrogen (secondary N) is 1. The van der Waals surface area contributed by atoms with Gasteiger partial charge in [0, 0.05) is 6.54 Å². The van der Waals surface area contributed by atoms with Gasteiger partial charge in [-0.25, -0.2) is 0 Å². The van der Waals surface area contributed by atoms with Crippen molar-refractivity contribution in [2.45, 2.75) is 13.3 Å². The molecule has 3 heteroatoms. The zero-order valence-electron chi connectivity index (χ0n) is 5.48. The van der Waals surface area contributed by atoms with Gasteiger partial charge < -0.3 is 10.4 Å². The molecule has 1 aliphatic heterocycles. The molecular weight excluding hydrogens is 118 g/mol. The summed E-state index contributed by atoms with van der Waals surface area (Å²) < 4.78 is 0. The lowest BCUT2D eigenvalue weighted by atomic mass is 9.90. The minimum Gasteiger partial charge on any atom is -0.395 e. The molecule has 0 unspecified atom stereocenters. The van der Waals surface area contributed by atoms with Crippen LogP contribution >= 0.6 is 0 Å². The molecule has 1 rings (SSSR count). The van der Waals surface area contributed by atoms with Crippen molar-refractivity contribution in [3.63, 3.8) is 0 Å². The van der Waals surface area contributed by atoms with Gasteiger partial charge in [-0.15, -0.1) is 0 Å². The maximum atomic E-state index is 10.9. The second kappa shape index (κ2) is 1.99. The number of carbonyl (C=O) groups excluding carboxylic acids is 1. The van der Waals surface area contributed by atoms with E-state index in [1.54, 1.807) is 6.92 Å². The second-order valence-electron chi connectivity index (χ2n) is 2.72. The number of aliphatic hydroxyl groups excluding tert-OH is 1. The molecule has 2 N–H and O–H groups in total. The highest BCUT2D eigenvalue weighted by Crippen LogP contribution is 2.24. The Morgan fingerprint density at radius 2 is 2.56 bits per heavy atom. The number of hydrogen-bond donors (Lipinski definition) is 2. The van der Waals surface area contributed by atoms with Crippen LogP contribution in [0.3, 0.4) is 0 Å². The Kier molecular flexibility index (Phi) is 1.45. The average Bonchev–Trinajstić information content (AvgIpc) is 2.15. The Balaban J connectivity index is 2.67. The predicted octanol–water partition coefficient (Wildman–Crippen LogP) is -0.495. The summed E-state index contributed by atoms with van der Waals surface area (Å²) in [5.41, 5.74) is -0.500. The van der Waals surface area contributed by atoms with E-state index in [9.17, 15) is 4.79 Å². The van der Waals surface area contributed by atoms with Gasteiger partial charge in [-0.05, 0) is 13.3 Å². The average molecular weight is 129 g/mol. The molecule has 0 aromatic carbocycles. The van der Waals surface area contributed by atoms with Crippen LogP contribution < -0.4 is 5.32 Å². The van der Waals surface area contributed by atoms with E-state index in [2.05, 4.69) is 5.32 Å². The van der Waals surface area contributed by atoms with E-state index in [-0.39, 0.29) is 12.5 Å². The van der Waals surface area contributed by atoms with Gasteiger partial charge in [0.25, 0.3) is 0 Å². The Hall–Kier alpha value is -0.570. The molecule has 9 heavy (non-hydrogen) atoms. The van der Waals surface area contributed by atoms with Gasteiger partial charge in [0.1, 0.15) is 0 Å². The van der Waals surface area contributed by atoms with Crippen molar-refractivity contribution >= 4 is 5.91 Å². The maximum absolute atomic E-state index is 10.9. The van der Waals surface area contributed by atoms with Gasteiger partial charge in [-0.3, -0.25) is 4.79 Å². The Labute approximate surface area is 54.1 Å². The lowest BCUT2D eigenvalue weighted by Gasteiger charge is -2.15. The van der Waals surface area contributed by atoms with Crippen LogP contribution in [-0.2, 0) is 4.79 Å². The fraction of sp³-hybridized carbons (Fsp3) is 0.833. The number of rotatable bonds is 1. The fourth-order valence-corrected chi connectivity index (χ4v) is 0.930. The minimum atomic E-state index is -0.500. The smallest absolute Gasteiger partial charge is 0.228 e. The van der Waals surface area contributed by atoms with Crippen molar-refractivity contribution in [1.29, 1.82) is 0 Å². The van der Waals surface area contributed by atoms with E-state index in [1.165, 1.54) is 0 Å². The molecule has 0 bridgehead atoms. The first kappa shape index (κ1) is 6.55. The molecule has 1 fully saturated rings. The van der Waals surface area contributed by atoms with Crippen LogP contribution in [0.2, 0.25) is 0 Å². The van der Waals surface area contributed by atoms with Crippen LogP contribution in [0.5, 0.6) is 0 Å². The monoisotopic (exact) mass is 129 g/mol. The summed E-state index contributed by atoms with van der Waals surface area (Å²) in [4.78, 5) is 10.9. The molecule has 0 saturated carbocycles. The summed E-state index contributed by atoms with van der Waals surface area (Å²) in [5, 5.41) is 11.4. The van der Waals surface area contributed by atoms with E-state index in [0.717, 1.165) is 6.42 Å². The molecule has 0 aliphatic carbocycles. The lowest BCUT2D eigenvalue weighted by Crippen LogP contribution is -2.31. The van der Waals surface area contributed by atoms with E-state index in [0.29, 0.717) is 6.54 Å². The van der Waals surface area contributed by atoms with Crippen molar-refractivity contribution < 1.29 is 9.90 Å². The number of amides is 1. The maximum Gasteiger partial charge on any atom is 0.228 e. The van der Waals surface area contributed by atoms with Crippen LogP contribution in [0, 0.1) is 5.41 Å². The van der Waals surface area contributed by atoms with E-state index < -0.39 is 5.41 Å². The van der Waals surface area contributed by atoms with Crippen molar-refractivity contribution in [3.05, 3.63) is 0 Å². The van der Waals surface area contributed by atoms with Crippen molar-refractivity contribution in [1.82, 2.24) is 5.32 Å². The van der Waals surface area contributed by atoms with Gasteiger partial charge in [0.15, 0.2) is 0 Å². The summed E-state index contributed by atoms with van der Waals surface area (Å²) >= 11 is 0. The van der Waals surface area contributed by atoms with Crippen LogP contribution in [-0.4, -0.2) is 24.2 Å². The largest absolute Gasteiger partial charge is 0.395 e. The summed E-state index contributed by atoms with van der Waals surface area (Å²) in [5.74, 6) is -0.0231. The number of aliphatic hydroxyl groups is 1. The van der Waals surface area contributed by atoms with Crippen LogP contribution in [0.25, 0.3) is 0 Å². The highest BCUT2D eigenvalue weighted by atomic mass is 16.3. The Morgan fingerprint density at radius 1 is 1.89 bits per heavy atom. The van der Waals surface area contributed by atoms with Crippen molar-refractivity contribution in [2.24, 2.45) is 5.41 Å². The molecule has 0 radical (unpaired) electrons. The first-order valence-electron chi connectivity index (χ1n) is 3.08. The van der Waals surface area contributed by atoms with Crippen molar-refractivity contribution in [2.75, 3.05) is 13.2 Å². The molecular formula is C6H11NO2. The lowest BCUT2D eigenvalue weighted by molar-refractivity contribution is -0.128. The molecule has 1 amide bonds. The SMILES string of the molecule is C[C@]1(CO)CCNC1=O. The number of carbonyl (C=O) groups is 1. The Bertz CT molecular complexity index is 135. The Morgan fingerprint density at radius 3 is 2.78 bits per heavy atom. The summed E-state index contributed by atoms with van der Waals surface area (Å²) in [6, 6.07) is 0. The van der Waals surface area contributed by atoms with E-state index >= 15 is 0 Å². The molecule has 52 valence electrons. The predicted molar refractivity (Wildman–Crippen MR) is 32.8 cm³/mol. The normalized spacial score (nSPS) is 34.7. The highest BCUT2D eigenvalue weighted by Gasteiger charge is 2.36. The van der Waals surface area contributed by atoms with Crippen LogP contribution in [0.15, 0.2) is 0 Å². The molecule has 0 aromatic rings. The molecule has 1 heterocycles. The fourth-order valence-electron chi connectivity index (χ4n) is 0.930. The second-order valence-corrected chi connectivity index (χ2v) is 2.72. The topological polar surface area (TPSA) is 49.3 Å². The zero-order valence-corrected chi connectivity index (χ0v) is 5.48. The first-order chi connectivity index (χ1) is 4.19. The van der Waals surface area contributed by atoms with E-state index in [4.69, 9.17) is 5.11 Å². The van der Waals surface area contributed by atoms with E-state index in [1.807, 2.05) is 0 Å². The van der Waals surface area contributed by atoms with Gasteiger partial charge in [0.05, 0.1) is 12.0 Å². The van der Waals surface area contributed by atoms with Gasteiger partial charge in [-0.2, -0.15) is 0 Å². The van der Waals surface area contributed by atoms with Crippen molar-refractivity contribution in [3.8, 4) is 0 Å². The molecule has 1 atom stereocenters. The quantitative estimate of drug-likeness (QED) is 0.501. The van der Waals surface area contributed by atoms with Gasteiger partial charge >= 0.3 is 0 Å². The minimum absolute atomic E-state index is 0.0231. The van der Waals surface area contributed by atoms with Crippen LogP contribution in [0.1, 0.15) is 13.3 Å². The first-order valence-corrected chi connectivity index (χ1v) is 3.08. The standard InChI is InChI=1S/C6H11NO2/c1-6(4-8)2-3-7-5(6)9/h8H,2-4H2,1H3,(H,7,9)/t6-/m1/s1. The molecule has 0 spiro atoms. The summed E-state index contributed by atoms with van der Waals surface area (Å²) in [7, 11) is 0. The number of hydrogen-bond acceptors (Lipinski definition) is 2. The zero-order chi connectivity index (χ0) is 6.91. The molecule has 1 aliphatic rings. The van der Waals surface area contributed by atoms with Gasteiger partial charge in [-0.1, -0.05) is 0 Å². The van der Waals surface area contributed by atoms with Gasteiger partial charge in [0.2, 0.25) is 5.91 Å². The van der Waals surface area contributed by atoms with Crippen LogP contribution in [0.4, 0.5) is 0 Å².